The molecule has 206 valence electrons. The van der Waals surface area contributed by atoms with Crippen molar-refractivity contribution < 1.29 is 33.7 Å². The Hall–Kier alpha value is -4.52. The average Bonchev–Trinajstić information content (AvgIpc) is 3.31. The van der Waals surface area contributed by atoms with E-state index >= 15 is 0 Å². The molecule has 1 aliphatic heterocycles. The van der Waals surface area contributed by atoms with Crippen molar-refractivity contribution in [1.29, 1.82) is 0 Å². The number of nitrogens with zero attached hydrogens (tertiary/aromatic N) is 5. The van der Waals surface area contributed by atoms with Crippen LogP contribution in [0.1, 0.15) is 55.0 Å². The number of hydrogen-bond donors (Lipinski definition) is 2. The van der Waals surface area contributed by atoms with E-state index in [1.54, 1.807) is 32.6 Å². The molecule has 0 aliphatic carbocycles. The predicted molar refractivity (Wildman–Crippen MR) is 138 cm³/mol. The summed E-state index contributed by atoms with van der Waals surface area (Å²) in [4.78, 5) is 47.5. The fourth-order valence-electron chi connectivity index (χ4n) is 3.37. The van der Waals surface area contributed by atoms with Crippen LogP contribution in [-0.2, 0) is 4.74 Å². The Morgan fingerprint density at radius 3 is 2.46 bits per heavy atom. The molecule has 0 bridgehead atoms. The summed E-state index contributed by atoms with van der Waals surface area (Å²) < 4.78 is 17.7. The third-order valence-electron chi connectivity index (χ3n) is 5.36. The second kappa shape index (κ2) is 11.5. The fraction of sp³-hybridized carbons (Fsp3) is 0.385. The van der Waals surface area contributed by atoms with Gasteiger partial charge >= 0.3 is 6.09 Å². The highest BCUT2D eigenvalue weighted by molar-refractivity contribution is 6.04. The van der Waals surface area contributed by atoms with E-state index in [0.717, 1.165) is 11.1 Å². The van der Waals surface area contributed by atoms with Gasteiger partial charge in [0.2, 0.25) is 5.88 Å². The van der Waals surface area contributed by atoms with Crippen LogP contribution in [0.25, 0.3) is 0 Å². The monoisotopic (exact) mass is 538 g/mol. The maximum absolute atomic E-state index is 13.0. The summed E-state index contributed by atoms with van der Waals surface area (Å²) in [5.74, 6) is -0.0596. The SMILES string of the molecule is C[C@@H](CO)Oc1cc(Oc2cnc(C(=O)N3CCC3)cn2)cc(C(=O)Nc2ccn(C(=O)OC(C)(C)C)n2)c1. The van der Waals surface area contributed by atoms with Crippen molar-refractivity contribution in [2.24, 2.45) is 0 Å². The maximum Gasteiger partial charge on any atom is 0.435 e. The van der Waals surface area contributed by atoms with E-state index in [0.29, 0.717) is 13.1 Å². The van der Waals surface area contributed by atoms with Crippen LogP contribution in [0.2, 0.25) is 0 Å². The summed E-state index contributed by atoms with van der Waals surface area (Å²) in [5.41, 5.74) is -0.345. The number of hydrogen-bond acceptors (Lipinski definition) is 10. The second-order valence-corrected chi connectivity index (χ2v) is 9.87. The molecule has 3 heterocycles. The molecule has 2 N–H and O–H groups in total. The van der Waals surface area contributed by atoms with Gasteiger partial charge in [-0.1, -0.05) is 0 Å². The molecular formula is C26H30N6O7. The van der Waals surface area contributed by atoms with Gasteiger partial charge in [0.05, 0.1) is 19.0 Å². The van der Waals surface area contributed by atoms with Crippen molar-refractivity contribution in [3.8, 4) is 17.4 Å². The number of carbonyl (C=O) groups excluding carboxylic acids is 3. The van der Waals surface area contributed by atoms with E-state index in [4.69, 9.17) is 14.2 Å². The zero-order valence-corrected chi connectivity index (χ0v) is 22.1. The third-order valence-corrected chi connectivity index (χ3v) is 5.36. The van der Waals surface area contributed by atoms with E-state index < -0.39 is 23.7 Å². The van der Waals surface area contributed by atoms with Crippen LogP contribution in [0.15, 0.2) is 42.9 Å². The number of aliphatic hydroxyl groups is 1. The molecular weight excluding hydrogens is 508 g/mol. The number of rotatable bonds is 8. The van der Waals surface area contributed by atoms with Crippen LogP contribution in [0, 0.1) is 0 Å². The van der Waals surface area contributed by atoms with E-state index in [-0.39, 0.29) is 47.0 Å². The van der Waals surface area contributed by atoms with Gasteiger partial charge in [0.1, 0.15) is 28.9 Å². The number of ether oxygens (including phenoxy) is 3. The van der Waals surface area contributed by atoms with Crippen molar-refractivity contribution in [1.82, 2.24) is 24.6 Å². The molecule has 1 fully saturated rings. The number of likely N-dealkylation sites (tertiary alicyclic amines) is 1. The molecule has 0 spiro atoms. The van der Waals surface area contributed by atoms with E-state index in [9.17, 15) is 19.5 Å². The largest absolute Gasteiger partial charge is 0.488 e. The lowest BCUT2D eigenvalue weighted by Crippen LogP contribution is -2.42. The Balaban J connectivity index is 1.51. The van der Waals surface area contributed by atoms with Crippen LogP contribution in [0.4, 0.5) is 10.6 Å². The molecule has 13 nitrogen and oxygen atoms in total. The Morgan fingerprint density at radius 1 is 1.10 bits per heavy atom. The molecule has 39 heavy (non-hydrogen) atoms. The molecule has 1 aliphatic rings. The maximum atomic E-state index is 13.0. The summed E-state index contributed by atoms with van der Waals surface area (Å²) >= 11 is 0. The van der Waals surface area contributed by atoms with Crippen molar-refractivity contribution in [3.63, 3.8) is 0 Å². The Bertz CT molecular complexity index is 1350. The fourth-order valence-corrected chi connectivity index (χ4v) is 3.37. The lowest BCUT2D eigenvalue weighted by molar-refractivity contribution is 0.0514. The van der Waals surface area contributed by atoms with Crippen molar-refractivity contribution >= 4 is 23.7 Å². The zero-order chi connectivity index (χ0) is 28.2. The van der Waals surface area contributed by atoms with Crippen molar-refractivity contribution in [2.45, 2.75) is 45.8 Å². The van der Waals surface area contributed by atoms with E-state index in [1.807, 2.05) is 0 Å². The average molecular weight is 539 g/mol. The topological polar surface area (TPSA) is 158 Å². The number of benzene rings is 1. The van der Waals surface area contributed by atoms with Crippen LogP contribution in [0.3, 0.4) is 0 Å². The lowest BCUT2D eigenvalue weighted by atomic mass is 10.2. The molecule has 0 radical (unpaired) electrons. The third kappa shape index (κ3) is 7.29. The van der Waals surface area contributed by atoms with Crippen molar-refractivity contribution in [2.75, 3.05) is 25.0 Å². The zero-order valence-electron chi connectivity index (χ0n) is 22.1. The molecule has 13 heteroatoms. The molecule has 0 saturated carbocycles. The minimum atomic E-state index is -0.705. The molecule has 0 unspecified atom stereocenters. The highest BCUT2D eigenvalue weighted by atomic mass is 16.6. The highest BCUT2D eigenvalue weighted by Gasteiger charge is 2.23. The molecule has 4 rings (SSSR count). The first-order valence-electron chi connectivity index (χ1n) is 12.3. The van der Waals surface area contributed by atoms with Gasteiger partial charge < -0.3 is 29.5 Å². The molecule has 2 aromatic heterocycles. The van der Waals surface area contributed by atoms with Crippen LogP contribution in [0.5, 0.6) is 17.4 Å². The smallest absolute Gasteiger partial charge is 0.435 e. The van der Waals surface area contributed by atoms with Gasteiger partial charge in [0, 0.05) is 37.0 Å². The molecule has 1 atom stereocenters. The number of anilines is 1. The van der Waals surface area contributed by atoms with E-state index in [1.165, 1.54) is 42.9 Å². The minimum Gasteiger partial charge on any atom is -0.488 e. The summed E-state index contributed by atoms with van der Waals surface area (Å²) in [5, 5.41) is 16.0. The van der Waals surface area contributed by atoms with Crippen molar-refractivity contribution in [3.05, 3.63) is 54.1 Å². The van der Waals surface area contributed by atoms with Crippen LogP contribution >= 0.6 is 0 Å². The lowest BCUT2D eigenvalue weighted by Gasteiger charge is -2.30. The van der Waals surface area contributed by atoms with E-state index in [2.05, 4.69) is 20.4 Å². The summed E-state index contributed by atoms with van der Waals surface area (Å²) in [6, 6.07) is 5.91. The van der Waals surface area contributed by atoms with Gasteiger partial charge in [-0.05, 0) is 46.2 Å². The second-order valence-electron chi connectivity index (χ2n) is 9.87. The predicted octanol–water partition coefficient (Wildman–Crippen LogP) is 3.11. The summed E-state index contributed by atoms with van der Waals surface area (Å²) in [6.45, 7) is 8.01. The molecule has 1 aromatic carbocycles. The first-order valence-corrected chi connectivity index (χ1v) is 12.3. The number of aliphatic hydroxyl groups excluding tert-OH is 1. The number of amides is 2. The number of aromatic nitrogens is 4. The standard InChI is InChI=1S/C26H30N6O7/c1-16(15-33)37-18-10-17(23(34)29-21-6-9-32(30-21)25(36)39-26(2,3)4)11-19(12-18)38-22-14-27-20(13-28-22)24(35)31-7-5-8-31/h6,9-14,16,33H,5,7-8,15H2,1-4H3,(H,29,30,34)/t16-/m0/s1. The van der Waals surface area contributed by atoms with Gasteiger partial charge in [-0.2, -0.15) is 4.68 Å². The molecule has 1 saturated heterocycles. The van der Waals surface area contributed by atoms with Gasteiger partial charge in [-0.3, -0.25) is 9.59 Å². The van der Waals surface area contributed by atoms with Gasteiger partial charge in [-0.25, -0.2) is 14.8 Å². The van der Waals surface area contributed by atoms with Gasteiger partial charge in [-0.15, -0.1) is 5.10 Å². The minimum absolute atomic E-state index is 0.102. The Labute approximate surface area is 224 Å². The number of carbonyl (C=O) groups is 3. The summed E-state index contributed by atoms with van der Waals surface area (Å²) in [6.07, 6.45) is 3.75. The number of nitrogens with one attached hydrogen (secondary N) is 1. The van der Waals surface area contributed by atoms with Gasteiger partial charge in [0.15, 0.2) is 5.82 Å². The summed E-state index contributed by atoms with van der Waals surface area (Å²) in [7, 11) is 0. The quantitative estimate of drug-likeness (QED) is 0.436. The molecule has 3 aromatic rings. The Morgan fingerprint density at radius 2 is 1.85 bits per heavy atom. The van der Waals surface area contributed by atoms with Gasteiger partial charge in [0.25, 0.3) is 11.8 Å². The molecule has 2 amide bonds. The first-order chi connectivity index (χ1) is 18.5. The highest BCUT2D eigenvalue weighted by Crippen LogP contribution is 2.28. The Kier molecular flexibility index (Phi) is 8.10. The van der Waals surface area contributed by atoms with Crippen LogP contribution in [-0.4, -0.2) is 79.1 Å². The first kappa shape index (κ1) is 27.5. The van der Waals surface area contributed by atoms with Crippen LogP contribution < -0.4 is 14.8 Å². The normalized spacial score (nSPS) is 13.7.